The van der Waals surface area contributed by atoms with Crippen LogP contribution in [0.5, 0.6) is 0 Å². The highest BCUT2D eigenvalue weighted by atomic mass is 16.5. The summed E-state index contributed by atoms with van der Waals surface area (Å²) in [6.45, 7) is 2.38. The Bertz CT molecular complexity index is 282. The molecule has 5 nitrogen and oxygen atoms in total. The number of nitrogens with one attached hydrogen (secondary N) is 1. The predicted octanol–water partition coefficient (Wildman–Crippen LogP) is 0.701. The summed E-state index contributed by atoms with van der Waals surface area (Å²) in [4.78, 5) is 22.5. The summed E-state index contributed by atoms with van der Waals surface area (Å²) in [5, 5.41) is 11.4. The minimum Gasteiger partial charge on any atom is -0.480 e. The van der Waals surface area contributed by atoms with Crippen molar-refractivity contribution in [3.63, 3.8) is 0 Å². The van der Waals surface area contributed by atoms with Crippen LogP contribution in [0.4, 0.5) is 0 Å². The van der Waals surface area contributed by atoms with Crippen molar-refractivity contribution in [3.05, 3.63) is 12.2 Å². The maximum absolute atomic E-state index is 11.6. The number of carbonyl (C=O) groups is 2. The van der Waals surface area contributed by atoms with Crippen molar-refractivity contribution in [3.8, 4) is 0 Å². The molecule has 0 saturated carbocycles. The quantitative estimate of drug-likeness (QED) is 0.678. The van der Waals surface area contributed by atoms with E-state index in [-0.39, 0.29) is 5.91 Å². The largest absolute Gasteiger partial charge is 0.480 e. The second kappa shape index (κ2) is 6.27. The highest BCUT2D eigenvalue weighted by Crippen LogP contribution is 2.12. The van der Waals surface area contributed by atoms with Gasteiger partial charge in [0.2, 0.25) is 5.91 Å². The summed E-state index contributed by atoms with van der Waals surface area (Å²) < 4.78 is 5.18. The first-order chi connectivity index (χ1) is 7.65. The van der Waals surface area contributed by atoms with Crippen LogP contribution in [0.3, 0.4) is 0 Å². The molecule has 1 aliphatic heterocycles. The Labute approximate surface area is 94.5 Å². The van der Waals surface area contributed by atoms with E-state index in [2.05, 4.69) is 5.32 Å². The van der Waals surface area contributed by atoms with Crippen molar-refractivity contribution < 1.29 is 19.4 Å². The van der Waals surface area contributed by atoms with Crippen LogP contribution in [0.25, 0.3) is 0 Å². The average Bonchev–Trinajstić information content (AvgIpc) is 2.76. The molecule has 2 N–H and O–H groups in total. The number of aliphatic carboxylic acids is 1. The number of hydrogen-bond donors (Lipinski definition) is 2. The van der Waals surface area contributed by atoms with E-state index in [0.717, 1.165) is 6.42 Å². The summed E-state index contributed by atoms with van der Waals surface area (Å²) in [6.07, 6.45) is 4.81. The lowest BCUT2D eigenvalue weighted by atomic mass is 10.1. The van der Waals surface area contributed by atoms with Gasteiger partial charge in [-0.2, -0.15) is 0 Å². The summed E-state index contributed by atoms with van der Waals surface area (Å²) in [5.41, 5.74) is 0. The molecule has 90 valence electrons. The SMILES string of the molecule is C/C=C/CC(NC(=O)[C@@H]1CCCO1)C(=O)O. The highest BCUT2D eigenvalue weighted by molar-refractivity contribution is 5.86. The third-order valence-electron chi connectivity index (χ3n) is 2.44. The van der Waals surface area contributed by atoms with E-state index in [1.807, 2.05) is 0 Å². The van der Waals surface area contributed by atoms with Gasteiger partial charge in [-0.3, -0.25) is 4.79 Å². The number of carboxylic acid groups (broad SMARTS) is 1. The standard InChI is InChI=1S/C11H17NO4/c1-2-3-5-8(11(14)15)12-10(13)9-6-4-7-16-9/h2-3,8-9H,4-7H2,1H3,(H,12,13)(H,14,15)/b3-2+/t8?,9-/m0/s1. The number of carbonyl (C=O) groups excluding carboxylic acids is 1. The van der Waals surface area contributed by atoms with Gasteiger partial charge >= 0.3 is 5.97 Å². The molecule has 1 heterocycles. The van der Waals surface area contributed by atoms with Gasteiger partial charge in [-0.15, -0.1) is 0 Å². The number of ether oxygens (including phenoxy) is 1. The molecular formula is C11H17NO4. The Morgan fingerprint density at radius 1 is 1.62 bits per heavy atom. The minimum absolute atomic E-state index is 0.296. The molecule has 1 amide bonds. The zero-order chi connectivity index (χ0) is 12.0. The van der Waals surface area contributed by atoms with E-state index < -0.39 is 18.1 Å². The molecule has 1 fully saturated rings. The molecule has 0 spiro atoms. The Morgan fingerprint density at radius 2 is 2.38 bits per heavy atom. The van der Waals surface area contributed by atoms with Crippen molar-refractivity contribution in [2.75, 3.05) is 6.61 Å². The lowest BCUT2D eigenvalue weighted by Crippen LogP contribution is -2.45. The van der Waals surface area contributed by atoms with Crippen LogP contribution in [-0.2, 0) is 14.3 Å². The van der Waals surface area contributed by atoms with Crippen LogP contribution in [0.2, 0.25) is 0 Å². The molecule has 2 atom stereocenters. The lowest BCUT2D eigenvalue weighted by molar-refractivity contribution is -0.143. The molecule has 0 aromatic carbocycles. The lowest BCUT2D eigenvalue weighted by Gasteiger charge is -2.15. The Morgan fingerprint density at radius 3 is 2.88 bits per heavy atom. The zero-order valence-electron chi connectivity index (χ0n) is 9.31. The first kappa shape index (κ1) is 12.7. The molecule has 16 heavy (non-hydrogen) atoms. The van der Waals surface area contributed by atoms with E-state index in [0.29, 0.717) is 19.4 Å². The maximum atomic E-state index is 11.6. The van der Waals surface area contributed by atoms with Crippen LogP contribution in [0, 0.1) is 0 Å². The Balaban J connectivity index is 2.46. The number of allylic oxidation sites excluding steroid dienone is 1. The molecule has 0 radical (unpaired) electrons. The number of amides is 1. The van der Waals surface area contributed by atoms with Gasteiger partial charge < -0.3 is 15.2 Å². The molecule has 0 aromatic rings. The number of hydrogen-bond acceptors (Lipinski definition) is 3. The van der Waals surface area contributed by atoms with E-state index in [4.69, 9.17) is 9.84 Å². The van der Waals surface area contributed by atoms with E-state index in [9.17, 15) is 9.59 Å². The molecule has 1 rings (SSSR count). The van der Waals surface area contributed by atoms with Gasteiger partial charge in [0.1, 0.15) is 12.1 Å². The van der Waals surface area contributed by atoms with Crippen molar-refractivity contribution in [2.45, 2.75) is 38.3 Å². The van der Waals surface area contributed by atoms with E-state index in [1.165, 1.54) is 0 Å². The summed E-state index contributed by atoms with van der Waals surface area (Å²) in [7, 11) is 0. The zero-order valence-corrected chi connectivity index (χ0v) is 9.31. The summed E-state index contributed by atoms with van der Waals surface area (Å²) in [6, 6.07) is -0.868. The molecule has 1 unspecified atom stereocenters. The maximum Gasteiger partial charge on any atom is 0.326 e. The van der Waals surface area contributed by atoms with Gasteiger partial charge in [0.05, 0.1) is 0 Å². The average molecular weight is 227 g/mol. The fourth-order valence-corrected chi connectivity index (χ4v) is 1.54. The molecule has 0 aromatic heterocycles. The molecule has 1 saturated heterocycles. The first-order valence-electron chi connectivity index (χ1n) is 5.41. The molecule has 5 heteroatoms. The van der Waals surface area contributed by atoms with Gasteiger partial charge in [0.15, 0.2) is 0 Å². The second-order valence-electron chi connectivity index (χ2n) is 3.71. The van der Waals surface area contributed by atoms with Gasteiger partial charge in [-0.1, -0.05) is 12.2 Å². The summed E-state index contributed by atoms with van der Waals surface area (Å²) >= 11 is 0. The Hall–Kier alpha value is -1.36. The van der Waals surface area contributed by atoms with Crippen molar-refractivity contribution in [1.29, 1.82) is 0 Å². The highest BCUT2D eigenvalue weighted by Gasteiger charge is 2.27. The smallest absolute Gasteiger partial charge is 0.326 e. The van der Waals surface area contributed by atoms with Crippen LogP contribution < -0.4 is 5.32 Å². The normalized spacial score (nSPS) is 22.2. The van der Waals surface area contributed by atoms with Crippen molar-refractivity contribution >= 4 is 11.9 Å². The van der Waals surface area contributed by atoms with Gasteiger partial charge in [-0.25, -0.2) is 4.79 Å². The fraction of sp³-hybridized carbons (Fsp3) is 0.636. The minimum atomic E-state index is -1.02. The number of carboxylic acids is 1. The van der Waals surface area contributed by atoms with E-state index >= 15 is 0 Å². The Kier molecular flexibility index (Phi) is 4.98. The van der Waals surface area contributed by atoms with Crippen molar-refractivity contribution in [1.82, 2.24) is 5.32 Å². The third kappa shape index (κ3) is 3.66. The molecule has 0 bridgehead atoms. The number of rotatable bonds is 5. The molecule has 1 aliphatic rings. The summed E-state index contributed by atoms with van der Waals surface area (Å²) in [5.74, 6) is -1.35. The molecular weight excluding hydrogens is 210 g/mol. The van der Waals surface area contributed by atoms with E-state index in [1.54, 1.807) is 19.1 Å². The first-order valence-corrected chi connectivity index (χ1v) is 5.41. The molecule has 0 aliphatic carbocycles. The third-order valence-corrected chi connectivity index (χ3v) is 2.44. The second-order valence-corrected chi connectivity index (χ2v) is 3.71. The fourth-order valence-electron chi connectivity index (χ4n) is 1.54. The van der Waals surface area contributed by atoms with Gasteiger partial charge in [0, 0.05) is 6.61 Å². The van der Waals surface area contributed by atoms with Crippen LogP contribution >= 0.6 is 0 Å². The van der Waals surface area contributed by atoms with Gasteiger partial charge in [0.25, 0.3) is 0 Å². The van der Waals surface area contributed by atoms with Crippen LogP contribution in [0.1, 0.15) is 26.2 Å². The van der Waals surface area contributed by atoms with Gasteiger partial charge in [-0.05, 0) is 26.2 Å². The predicted molar refractivity (Wildman–Crippen MR) is 58.0 cm³/mol. The van der Waals surface area contributed by atoms with Crippen LogP contribution in [0.15, 0.2) is 12.2 Å². The van der Waals surface area contributed by atoms with Crippen LogP contribution in [-0.4, -0.2) is 35.7 Å². The monoisotopic (exact) mass is 227 g/mol. The topological polar surface area (TPSA) is 75.6 Å². The van der Waals surface area contributed by atoms with Crippen molar-refractivity contribution in [2.24, 2.45) is 0 Å².